The smallest absolute Gasteiger partial charge is 0.238 e. The molecule has 114 valence electrons. The van der Waals surface area contributed by atoms with Crippen LogP contribution in [0.5, 0.6) is 0 Å². The standard InChI is InChI=1S/C18H21N3O/c19-17(22)18(9-3-4-10-21-18)13-15-5-1-2-6-16(15)14-7-11-20-12-8-14/h1-2,5-8,11-12,21H,3-4,9-10,13H2,(H2,19,22). The maximum absolute atomic E-state index is 12.1. The van der Waals surface area contributed by atoms with E-state index in [2.05, 4.69) is 22.4 Å². The van der Waals surface area contributed by atoms with E-state index >= 15 is 0 Å². The summed E-state index contributed by atoms with van der Waals surface area (Å²) in [6, 6.07) is 12.2. The molecule has 4 nitrogen and oxygen atoms in total. The van der Waals surface area contributed by atoms with E-state index in [9.17, 15) is 4.79 Å². The molecule has 1 aliphatic heterocycles. The van der Waals surface area contributed by atoms with Crippen molar-refractivity contribution in [2.24, 2.45) is 5.73 Å². The van der Waals surface area contributed by atoms with Gasteiger partial charge in [0.25, 0.3) is 0 Å². The third-order valence-corrected chi connectivity index (χ3v) is 4.47. The van der Waals surface area contributed by atoms with Crippen molar-refractivity contribution in [2.45, 2.75) is 31.2 Å². The van der Waals surface area contributed by atoms with Gasteiger partial charge in [-0.3, -0.25) is 9.78 Å². The number of aromatic nitrogens is 1. The second-order valence-electron chi connectivity index (χ2n) is 5.90. The normalized spacial score (nSPS) is 21.5. The predicted molar refractivity (Wildman–Crippen MR) is 87.2 cm³/mol. The van der Waals surface area contributed by atoms with Crippen molar-refractivity contribution >= 4 is 5.91 Å². The number of carbonyl (C=O) groups is 1. The third kappa shape index (κ3) is 2.88. The molecule has 1 saturated heterocycles. The van der Waals surface area contributed by atoms with Gasteiger partial charge in [0.2, 0.25) is 5.91 Å². The van der Waals surface area contributed by atoms with Crippen molar-refractivity contribution in [1.82, 2.24) is 10.3 Å². The summed E-state index contributed by atoms with van der Waals surface area (Å²) < 4.78 is 0. The average Bonchev–Trinajstić information content (AvgIpc) is 2.57. The highest BCUT2D eigenvalue weighted by atomic mass is 16.1. The lowest BCUT2D eigenvalue weighted by molar-refractivity contribution is -0.125. The van der Waals surface area contributed by atoms with Gasteiger partial charge in [-0.1, -0.05) is 24.3 Å². The van der Waals surface area contributed by atoms with Crippen molar-refractivity contribution in [3.8, 4) is 11.1 Å². The predicted octanol–water partition coefficient (Wildman–Crippen LogP) is 2.29. The molecular formula is C18H21N3O. The van der Waals surface area contributed by atoms with Gasteiger partial charge in [-0.25, -0.2) is 0 Å². The topological polar surface area (TPSA) is 68.0 Å². The Bertz CT molecular complexity index is 648. The fraction of sp³-hybridized carbons (Fsp3) is 0.333. The van der Waals surface area contributed by atoms with E-state index < -0.39 is 5.54 Å². The van der Waals surface area contributed by atoms with Gasteiger partial charge in [-0.05, 0) is 54.6 Å². The molecule has 1 unspecified atom stereocenters. The number of nitrogens with two attached hydrogens (primary N) is 1. The Kier molecular flexibility index (Phi) is 4.20. The Balaban J connectivity index is 1.97. The van der Waals surface area contributed by atoms with Crippen LogP contribution >= 0.6 is 0 Å². The van der Waals surface area contributed by atoms with Crippen molar-refractivity contribution in [1.29, 1.82) is 0 Å². The molecular weight excluding hydrogens is 274 g/mol. The fourth-order valence-electron chi connectivity index (χ4n) is 3.23. The first kappa shape index (κ1) is 14.7. The van der Waals surface area contributed by atoms with Gasteiger partial charge in [-0.2, -0.15) is 0 Å². The number of carbonyl (C=O) groups excluding carboxylic acids is 1. The monoisotopic (exact) mass is 295 g/mol. The molecule has 1 atom stereocenters. The van der Waals surface area contributed by atoms with Crippen LogP contribution in [-0.2, 0) is 11.2 Å². The molecule has 1 amide bonds. The number of rotatable bonds is 4. The zero-order valence-electron chi connectivity index (χ0n) is 12.6. The summed E-state index contributed by atoms with van der Waals surface area (Å²) in [5, 5.41) is 3.37. The molecule has 3 rings (SSSR count). The molecule has 2 aromatic rings. The maximum atomic E-state index is 12.1. The van der Waals surface area contributed by atoms with Gasteiger partial charge in [-0.15, -0.1) is 0 Å². The number of benzene rings is 1. The van der Waals surface area contributed by atoms with Crippen LogP contribution < -0.4 is 11.1 Å². The average molecular weight is 295 g/mol. The number of hydrogen-bond donors (Lipinski definition) is 2. The lowest BCUT2D eigenvalue weighted by Gasteiger charge is -2.36. The second kappa shape index (κ2) is 6.28. The van der Waals surface area contributed by atoms with Gasteiger partial charge in [0.15, 0.2) is 0 Å². The van der Waals surface area contributed by atoms with Crippen molar-refractivity contribution in [3.63, 3.8) is 0 Å². The molecule has 2 heterocycles. The summed E-state index contributed by atoms with van der Waals surface area (Å²) >= 11 is 0. The maximum Gasteiger partial charge on any atom is 0.238 e. The molecule has 1 fully saturated rings. The first-order valence-corrected chi connectivity index (χ1v) is 7.74. The molecule has 0 aliphatic carbocycles. The van der Waals surface area contributed by atoms with E-state index in [1.807, 2.05) is 24.3 Å². The largest absolute Gasteiger partial charge is 0.368 e. The molecule has 0 spiro atoms. The minimum Gasteiger partial charge on any atom is -0.368 e. The molecule has 0 radical (unpaired) electrons. The molecule has 1 aromatic carbocycles. The number of nitrogens with zero attached hydrogens (tertiary/aromatic N) is 1. The molecule has 0 saturated carbocycles. The lowest BCUT2D eigenvalue weighted by atomic mass is 9.81. The molecule has 4 heteroatoms. The molecule has 3 N–H and O–H groups in total. The molecule has 1 aliphatic rings. The first-order chi connectivity index (χ1) is 10.7. The Morgan fingerprint density at radius 1 is 1.18 bits per heavy atom. The Morgan fingerprint density at radius 2 is 1.95 bits per heavy atom. The quantitative estimate of drug-likeness (QED) is 0.909. The van der Waals surface area contributed by atoms with E-state index in [0.29, 0.717) is 6.42 Å². The summed E-state index contributed by atoms with van der Waals surface area (Å²) in [7, 11) is 0. The zero-order chi connectivity index (χ0) is 15.4. The minimum absolute atomic E-state index is 0.253. The highest BCUT2D eigenvalue weighted by molar-refractivity contribution is 5.85. The van der Waals surface area contributed by atoms with Crippen LogP contribution in [0.15, 0.2) is 48.8 Å². The highest BCUT2D eigenvalue weighted by Gasteiger charge is 2.38. The van der Waals surface area contributed by atoms with E-state index in [0.717, 1.165) is 42.5 Å². The first-order valence-electron chi connectivity index (χ1n) is 7.74. The lowest BCUT2D eigenvalue weighted by Crippen LogP contribution is -2.59. The van der Waals surface area contributed by atoms with Crippen LogP contribution in [0.25, 0.3) is 11.1 Å². The van der Waals surface area contributed by atoms with E-state index in [1.165, 1.54) is 0 Å². The fourth-order valence-corrected chi connectivity index (χ4v) is 3.23. The highest BCUT2D eigenvalue weighted by Crippen LogP contribution is 2.29. The molecule has 1 aromatic heterocycles. The van der Waals surface area contributed by atoms with Crippen LogP contribution in [0.2, 0.25) is 0 Å². The Hall–Kier alpha value is -2.20. The second-order valence-corrected chi connectivity index (χ2v) is 5.90. The number of piperidine rings is 1. The Labute approximate surface area is 130 Å². The number of amides is 1. The number of hydrogen-bond acceptors (Lipinski definition) is 3. The van der Waals surface area contributed by atoms with Crippen LogP contribution in [0.3, 0.4) is 0 Å². The van der Waals surface area contributed by atoms with Crippen molar-refractivity contribution in [3.05, 3.63) is 54.4 Å². The van der Waals surface area contributed by atoms with E-state index in [-0.39, 0.29) is 5.91 Å². The zero-order valence-corrected chi connectivity index (χ0v) is 12.6. The van der Waals surface area contributed by atoms with Gasteiger partial charge in [0.05, 0.1) is 0 Å². The van der Waals surface area contributed by atoms with E-state index in [4.69, 9.17) is 5.73 Å². The number of primary amides is 1. The summed E-state index contributed by atoms with van der Waals surface area (Å²) in [5.74, 6) is -0.253. The molecule has 0 bridgehead atoms. The number of nitrogens with one attached hydrogen (secondary N) is 1. The summed E-state index contributed by atoms with van der Waals surface area (Å²) in [5.41, 5.74) is 8.49. The van der Waals surface area contributed by atoms with Crippen LogP contribution in [0.4, 0.5) is 0 Å². The third-order valence-electron chi connectivity index (χ3n) is 4.47. The summed E-state index contributed by atoms with van der Waals surface area (Å²) in [4.78, 5) is 16.1. The van der Waals surface area contributed by atoms with E-state index in [1.54, 1.807) is 12.4 Å². The van der Waals surface area contributed by atoms with Gasteiger partial charge < -0.3 is 11.1 Å². The Morgan fingerprint density at radius 3 is 2.64 bits per heavy atom. The van der Waals surface area contributed by atoms with Gasteiger partial charge in [0, 0.05) is 18.8 Å². The minimum atomic E-state index is -0.624. The van der Waals surface area contributed by atoms with Crippen molar-refractivity contribution in [2.75, 3.05) is 6.54 Å². The molecule has 22 heavy (non-hydrogen) atoms. The van der Waals surface area contributed by atoms with Crippen LogP contribution in [-0.4, -0.2) is 23.0 Å². The summed E-state index contributed by atoms with van der Waals surface area (Å²) in [6.45, 7) is 0.848. The number of pyridine rings is 1. The SMILES string of the molecule is NC(=O)C1(Cc2ccccc2-c2ccncc2)CCCCN1. The van der Waals surface area contributed by atoms with Crippen LogP contribution in [0, 0.1) is 0 Å². The van der Waals surface area contributed by atoms with Crippen molar-refractivity contribution < 1.29 is 4.79 Å². The van der Waals surface area contributed by atoms with Gasteiger partial charge >= 0.3 is 0 Å². The van der Waals surface area contributed by atoms with Crippen LogP contribution in [0.1, 0.15) is 24.8 Å². The van der Waals surface area contributed by atoms with Gasteiger partial charge in [0.1, 0.15) is 5.54 Å². The summed E-state index contributed by atoms with van der Waals surface area (Å²) in [6.07, 6.45) is 7.13.